The Morgan fingerprint density at radius 2 is 1.97 bits per heavy atom. The van der Waals surface area contributed by atoms with Crippen molar-refractivity contribution < 1.29 is 21.9 Å². The van der Waals surface area contributed by atoms with E-state index < -0.39 is 27.4 Å². The fraction of sp³-hybridized carbons (Fsp3) is 0.409. The van der Waals surface area contributed by atoms with Crippen molar-refractivity contribution in [2.24, 2.45) is 7.05 Å². The summed E-state index contributed by atoms with van der Waals surface area (Å²) < 4.78 is 63.8. The average molecular weight is 478 g/mol. The van der Waals surface area contributed by atoms with E-state index >= 15 is 4.39 Å². The summed E-state index contributed by atoms with van der Waals surface area (Å²) in [6, 6.07) is 6.22. The van der Waals surface area contributed by atoms with Gasteiger partial charge in [-0.05, 0) is 56.9 Å². The number of hydrogen-bond donors (Lipinski definition) is 1. The first-order valence-electron chi connectivity index (χ1n) is 10.6. The molecule has 1 fully saturated rings. The number of benzene rings is 1. The fourth-order valence-corrected chi connectivity index (χ4v) is 5.92. The maximum atomic E-state index is 15.1. The SMILES string of the molecule is CC[C@@]1(c2ccnn2C)CCC[C@@]1(C)Oc1ccc(S(=O)(=O)Nc2cc(F)ncn2)cc1F. The molecule has 0 bridgehead atoms. The minimum absolute atomic E-state index is 0.0357. The molecule has 0 radical (unpaired) electrons. The molecule has 4 rings (SSSR count). The molecule has 2 heterocycles. The van der Waals surface area contributed by atoms with Crippen molar-refractivity contribution in [3.8, 4) is 5.75 Å². The van der Waals surface area contributed by atoms with Crippen molar-refractivity contribution in [1.82, 2.24) is 19.7 Å². The molecule has 0 amide bonds. The lowest BCUT2D eigenvalue weighted by Crippen LogP contribution is -2.50. The van der Waals surface area contributed by atoms with Gasteiger partial charge in [-0.2, -0.15) is 9.49 Å². The maximum Gasteiger partial charge on any atom is 0.263 e. The molecule has 1 aliphatic carbocycles. The summed E-state index contributed by atoms with van der Waals surface area (Å²) in [5, 5.41) is 4.30. The van der Waals surface area contributed by atoms with E-state index in [2.05, 4.69) is 26.7 Å². The third-order valence-corrected chi connectivity index (χ3v) is 7.96. The Bertz CT molecular complexity index is 1280. The van der Waals surface area contributed by atoms with Crippen LogP contribution in [0, 0.1) is 11.8 Å². The first-order chi connectivity index (χ1) is 15.6. The summed E-state index contributed by atoms with van der Waals surface area (Å²) in [7, 11) is -2.32. The number of rotatable bonds is 7. The van der Waals surface area contributed by atoms with Gasteiger partial charge in [-0.3, -0.25) is 9.40 Å². The van der Waals surface area contributed by atoms with Crippen molar-refractivity contribution in [3.63, 3.8) is 0 Å². The van der Waals surface area contributed by atoms with Gasteiger partial charge in [0.15, 0.2) is 11.6 Å². The van der Waals surface area contributed by atoms with Crippen LogP contribution < -0.4 is 9.46 Å². The van der Waals surface area contributed by atoms with E-state index in [1.54, 1.807) is 6.20 Å². The average Bonchev–Trinajstić information content (AvgIpc) is 3.32. The lowest BCUT2D eigenvalue weighted by molar-refractivity contribution is 0.0151. The lowest BCUT2D eigenvalue weighted by atomic mass is 9.70. The Labute approximate surface area is 191 Å². The summed E-state index contributed by atoms with van der Waals surface area (Å²) in [6.07, 6.45) is 5.89. The molecule has 1 aliphatic rings. The number of sulfonamides is 1. The standard InChI is InChI=1S/C22H25F2N5O3S/c1-4-22(18-8-11-27-29(18)3)10-5-9-21(22,2)32-17-7-6-15(12-16(17)23)33(30,31)28-20-13-19(24)25-14-26-20/h6-8,11-14H,4-5,9-10H2,1-3H3,(H,25,26,28)/t21-,22+/m1/s1. The van der Waals surface area contributed by atoms with Gasteiger partial charge in [0.2, 0.25) is 5.95 Å². The Morgan fingerprint density at radius 1 is 1.18 bits per heavy atom. The maximum absolute atomic E-state index is 15.1. The van der Waals surface area contributed by atoms with Crippen LogP contribution in [0.1, 0.15) is 45.2 Å². The number of aromatic nitrogens is 4. The highest BCUT2D eigenvalue weighted by molar-refractivity contribution is 7.92. The molecule has 176 valence electrons. The molecule has 3 aromatic rings. The molecule has 0 aliphatic heterocycles. The van der Waals surface area contributed by atoms with Gasteiger partial charge in [0.05, 0.1) is 10.3 Å². The molecule has 2 atom stereocenters. The van der Waals surface area contributed by atoms with Crippen LogP contribution in [-0.4, -0.2) is 33.8 Å². The Balaban J connectivity index is 1.63. The van der Waals surface area contributed by atoms with Crippen LogP contribution in [0.5, 0.6) is 5.75 Å². The van der Waals surface area contributed by atoms with Crippen LogP contribution in [0.15, 0.2) is 47.8 Å². The second-order valence-electron chi connectivity index (χ2n) is 8.39. The van der Waals surface area contributed by atoms with E-state index in [0.717, 1.165) is 43.4 Å². The first-order valence-corrected chi connectivity index (χ1v) is 12.1. The number of nitrogens with zero attached hydrogens (tertiary/aromatic N) is 4. The third kappa shape index (κ3) is 4.05. The minimum atomic E-state index is -4.19. The molecule has 0 saturated heterocycles. The smallest absolute Gasteiger partial charge is 0.263 e. The first kappa shape index (κ1) is 23.1. The van der Waals surface area contributed by atoms with Crippen LogP contribution in [0.3, 0.4) is 0 Å². The largest absolute Gasteiger partial charge is 0.484 e. The Hall–Kier alpha value is -3.08. The van der Waals surface area contributed by atoms with Crippen LogP contribution >= 0.6 is 0 Å². The van der Waals surface area contributed by atoms with Gasteiger partial charge >= 0.3 is 0 Å². The molecule has 1 saturated carbocycles. The molecule has 8 nitrogen and oxygen atoms in total. The molecule has 33 heavy (non-hydrogen) atoms. The molecule has 0 spiro atoms. The minimum Gasteiger partial charge on any atom is -0.484 e. The molecule has 11 heteroatoms. The normalized spacial score (nSPS) is 22.9. The van der Waals surface area contributed by atoms with Crippen LogP contribution in [0.25, 0.3) is 0 Å². The van der Waals surface area contributed by atoms with Gasteiger partial charge in [-0.25, -0.2) is 22.8 Å². The zero-order chi connectivity index (χ0) is 23.9. The number of ether oxygens (including phenoxy) is 1. The predicted octanol–water partition coefficient (Wildman–Crippen LogP) is 3.96. The quantitative estimate of drug-likeness (QED) is 0.517. The summed E-state index contributed by atoms with van der Waals surface area (Å²) >= 11 is 0. The molecule has 2 aromatic heterocycles. The van der Waals surface area contributed by atoms with Crippen molar-refractivity contribution in [2.75, 3.05) is 4.72 Å². The summed E-state index contributed by atoms with van der Waals surface area (Å²) in [4.78, 5) is 6.59. The third-order valence-electron chi connectivity index (χ3n) is 6.61. The van der Waals surface area contributed by atoms with E-state index in [1.807, 2.05) is 24.7 Å². The predicted molar refractivity (Wildman–Crippen MR) is 117 cm³/mol. The number of nitrogens with one attached hydrogen (secondary N) is 1. The van der Waals surface area contributed by atoms with Gasteiger partial charge in [0, 0.05) is 25.0 Å². The Kier molecular flexibility index (Phi) is 5.85. The van der Waals surface area contributed by atoms with Crippen molar-refractivity contribution in [1.29, 1.82) is 0 Å². The van der Waals surface area contributed by atoms with Crippen molar-refractivity contribution in [3.05, 3.63) is 60.3 Å². The van der Waals surface area contributed by atoms with Crippen LogP contribution in [-0.2, 0) is 22.5 Å². The highest BCUT2D eigenvalue weighted by Gasteiger charge is 2.55. The molecular formula is C22H25F2N5O3S. The van der Waals surface area contributed by atoms with Crippen LogP contribution in [0.2, 0.25) is 0 Å². The van der Waals surface area contributed by atoms with E-state index in [-0.39, 0.29) is 21.9 Å². The monoisotopic (exact) mass is 477 g/mol. The number of aryl methyl sites for hydroxylation is 1. The Morgan fingerprint density at radius 3 is 2.61 bits per heavy atom. The molecular weight excluding hydrogens is 452 g/mol. The second kappa shape index (κ2) is 8.36. The van der Waals surface area contributed by atoms with Gasteiger partial charge < -0.3 is 4.74 Å². The number of halogens is 2. The lowest BCUT2D eigenvalue weighted by Gasteiger charge is -2.43. The highest BCUT2D eigenvalue weighted by Crippen LogP contribution is 2.52. The second-order valence-corrected chi connectivity index (χ2v) is 10.1. The van der Waals surface area contributed by atoms with Gasteiger partial charge in [-0.1, -0.05) is 6.92 Å². The summed E-state index contributed by atoms with van der Waals surface area (Å²) in [5.41, 5.74) is -0.0624. The van der Waals surface area contributed by atoms with Crippen molar-refractivity contribution >= 4 is 15.8 Å². The topological polar surface area (TPSA) is 99.0 Å². The zero-order valence-electron chi connectivity index (χ0n) is 18.5. The molecule has 1 N–H and O–H groups in total. The molecule has 1 aromatic carbocycles. The van der Waals surface area contributed by atoms with Crippen LogP contribution in [0.4, 0.5) is 14.6 Å². The van der Waals surface area contributed by atoms with E-state index in [0.29, 0.717) is 6.42 Å². The van der Waals surface area contributed by atoms with E-state index in [9.17, 15) is 12.8 Å². The van der Waals surface area contributed by atoms with E-state index in [1.165, 1.54) is 12.1 Å². The highest BCUT2D eigenvalue weighted by atomic mass is 32.2. The van der Waals surface area contributed by atoms with Gasteiger partial charge in [0.1, 0.15) is 17.7 Å². The number of anilines is 1. The molecule has 0 unspecified atom stereocenters. The zero-order valence-corrected chi connectivity index (χ0v) is 19.4. The number of hydrogen-bond acceptors (Lipinski definition) is 6. The summed E-state index contributed by atoms with van der Waals surface area (Å²) in [5.74, 6) is -2.00. The van der Waals surface area contributed by atoms with Crippen molar-refractivity contribution in [2.45, 2.75) is 55.4 Å². The van der Waals surface area contributed by atoms with Gasteiger partial charge in [-0.15, -0.1) is 0 Å². The van der Waals surface area contributed by atoms with E-state index in [4.69, 9.17) is 4.74 Å². The fourth-order valence-electron chi connectivity index (χ4n) is 4.91. The van der Waals surface area contributed by atoms with Gasteiger partial charge in [0.25, 0.3) is 10.0 Å². The summed E-state index contributed by atoms with van der Waals surface area (Å²) in [6.45, 7) is 4.04.